The number of carbonyl (C=O) groups excluding carboxylic acids is 2. The van der Waals surface area contributed by atoms with Crippen LogP contribution in [0, 0.1) is 10.1 Å². The van der Waals surface area contributed by atoms with Crippen LogP contribution in [0.4, 0.5) is 5.69 Å². The first-order chi connectivity index (χ1) is 15.6. The van der Waals surface area contributed by atoms with E-state index in [2.05, 4.69) is 0 Å². The number of carbonyl (C=O) groups is 2. The summed E-state index contributed by atoms with van der Waals surface area (Å²) in [6.07, 6.45) is -0.0275. The zero-order valence-corrected chi connectivity index (χ0v) is 19.0. The Bertz CT molecular complexity index is 1090. The summed E-state index contributed by atoms with van der Waals surface area (Å²) in [4.78, 5) is 39.9. The van der Waals surface area contributed by atoms with E-state index in [-0.39, 0.29) is 29.7 Å². The number of likely N-dealkylation sites (N-methyl/N-ethyl adjacent to an activating group) is 1. The van der Waals surface area contributed by atoms with E-state index in [1.807, 2.05) is 32.8 Å². The van der Waals surface area contributed by atoms with E-state index in [4.69, 9.17) is 4.74 Å². The Kier molecular flexibility index (Phi) is 7.13. The number of hydrogen-bond acceptors (Lipinski definition) is 7. The molecule has 0 radical (unpaired) electrons. The highest BCUT2D eigenvalue weighted by Crippen LogP contribution is 2.40. The van der Waals surface area contributed by atoms with Gasteiger partial charge in [-0.1, -0.05) is 12.1 Å². The SMILES string of the molecule is CC(C)Oc1ccc(C(O)=C2C(=O)C(=O)N(CCN(C)C)[C@@H]2c2cccc([N+](=O)[O-])c2)cc1. The first-order valence-corrected chi connectivity index (χ1v) is 10.5. The van der Waals surface area contributed by atoms with Gasteiger partial charge in [0, 0.05) is 30.8 Å². The second-order valence-corrected chi connectivity index (χ2v) is 8.34. The second kappa shape index (κ2) is 9.83. The number of Topliss-reactive ketones (excluding diaryl/α,β-unsaturated/α-hetero) is 1. The van der Waals surface area contributed by atoms with Crippen LogP contribution in [-0.2, 0) is 9.59 Å². The van der Waals surface area contributed by atoms with Gasteiger partial charge in [-0.15, -0.1) is 0 Å². The normalized spacial score (nSPS) is 17.8. The largest absolute Gasteiger partial charge is 0.507 e. The molecular formula is C24H27N3O6. The zero-order valence-electron chi connectivity index (χ0n) is 19.0. The van der Waals surface area contributed by atoms with Gasteiger partial charge in [-0.3, -0.25) is 19.7 Å². The number of nitrogens with zero attached hydrogens (tertiary/aromatic N) is 3. The number of ketones is 1. The molecule has 1 N–H and O–H groups in total. The predicted octanol–water partition coefficient (Wildman–Crippen LogP) is 3.37. The number of amides is 1. The minimum Gasteiger partial charge on any atom is -0.507 e. The molecule has 1 saturated heterocycles. The average Bonchev–Trinajstić information content (AvgIpc) is 3.02. The van der Waals surface area contributed by atoms with Crippen LogP contribution in [0.1, 0.15) is 31.0 Å². The quantitative estimate of drug-likeness (QED) is 0.214. The highest BCUT2D eigenvalue weighted by atomic mass is 16.6. The molecule has 0 aromatic heterocycles. The first kappa shape index (κ1) is 23.9. The van der Waals surface area contributed by atoms with E-state index in [9.17, 15) is 24.8 Å². The minimum absolute atomic E-state index is 0.0275. The predicted molar refractivity (Wildman–Crippen MR) is 123 cm³/mol. The van der Waals surface area contributed by atoms with Crippen molar-refractivity contribution < 1.29 is 24.4 Å². The maximum absolute atomic E-state index is 13.0. The zero-order chi connectivity index (χ0) is 24.3. The smallest absolute Gasteiger partial charge is 0.295 e. The molecule has 0 bridgehead atoms. The lowest BCUT2D eigenvalue weighted by atomic mass is 9.95. The number of aliphatic hydroxyl groups excluding tert-OH is 1. The lowest BCUT2D eigenvalue weighted by Gasteiger charge is -2.26. The van der Waals surface area contributed by atoms with Crippen molar-refractivity contribution in [1.29, 1.82) is 0 Å². The third-order valence-electron chi connectivity index (χ3n) is 5.22. The third-order valence-corrected chi connectivity index (χ3v) is 5.22. The number of benzene rings is 2. The Morgan fingerprint density at radius 3 is 2.42 bits per heavy atom. The minimum atomic E-state index is -0.948. The standard InChI is InChI=1S/C24H27N3O6/c1-15(2)33-19-10-8-16(9-11-19)22(28)20-21(17-6-5-7-18(14-17)27(31)32)26(13-12-25(3)4)24(30)23(20)29/h5-11,14-15,21,28H,12-13H2,1-4H3/t21-/m1/s1. The van der Waals surface area contributed by atoms with Crippen LogP contribution in [0.2, 0.25) is 0 Å². The number of rotatable bonds is 8. The Hall–Kier alpha value is -3.72. The summed E-state index contributed by atoms with van der Waals surface area (Å²) in [6, 6.07) is 11.4. The fraction of sp³-hybridized carbons (Fsp3) is 0.333. The summed E-state index contributed by atoms with van der Waals surface area (Å²) < 4.78 is 5.61. The van der Waals surface area contributed by atoms with Gasteiger partial charge in [-0.25, -0.2) is 0 Å². The summed E-state index contributed by atoms with van der Waals surface area (Å²) in [5, 5.41) is 22.4. The van der Waals surface area contributed by atoms with E-state index in [1.54, 1.807) is 30.3 Å². The van der Waals surface area contributed by atoms with E-state index >= 15 is 0 Å². The molecule has 0 saturated carbocycles. The van der Waals surface area contributed by atoms with Gasteiger partial charge in [0.25, 0.3) is 17.4 Å². The summed E-state index contributed by atoms with van der Waals surface area (Å²) in [6.45, 7) is 4.47. The second-order valence-electron chi connectivity index (χ2n) is 8.34. The average molecular weight is 453 g/mol. The van der Waals surface area contributed by atoms with E-state index < -0.39 is 22.7 Å². The monoisotopic (exact) mass is 453 g/mol. The molecule has 0 unspecified atom stereocenters. The fourth-order valence-corrected chi connectivity index (χ4v) is 3.69. The summed E-state index contributed by atoms with van der Waals surface area (Å²) in [5.74, 6) is -1.32. The van der Waals surface area contributed by atoms with E-state index in [1.165, 1.54) is 23.1 Å². The van der Waals surface area contributed by atoms with Crippen molar-refractivity contribution in [3.8, 4) is 5.75 Å². The highest BCUT2D eigenvalue weighted by Gasteiger charge is 2.46. The molecule has 174 valence electrons. The number of aliphatic hydroxyl groups is 1. The molecule has 0 spiro atoms. The lowest BCUT2D eigenvalue weighted by molar-refractivity contribution is -0.384. The molecule has 0 aliphatic carbocycles. The molecule has 1 aliphatic heterocycles. The summed E-state index contributed by atoms with van der Waals surface area (Å²) in [7, 11) is 3.67. The molecule has 2 aromatic rings. The van der Waals surface area contributed by atoms with Crippen LogP contribution in [0.5, 0.6) is 5.75 Å². The Morgan fingerprint density at radius 1 is 1.18 bits per heavy atom. The number of nitro benzene ring substituents is 1. The Balaban J connectivity index is 2.11. The van der Waals surface area contributed by atoms with E-state index in [0.29, 0.717) is 23.4 Å². The lowest BCUT2D eigenvalue weighted by Crippen LogP contribution is -2.35. The van der Waals surface area contributed by atoms with Crippen molar-refractivity contribution in [3.63, 3.8) is 0 Å². The van der Waals surface area contributed by atoms with Gasteiger partial charge < -0.3 is 19.6 Å². The van der Waals surface area contributed by atoms with Crippen molar-refractivity contribution in [2.75, 3.05) is 27.2 Å². The molecule has 1 aliphatic rings. The molecule has 1 amide bonds. The van der Waals surface area contributed by atoms with Gasteiger partial charge in [0.2, 0.25) is 0 Å². The topological polar surface area (TPSA) is 113 Å². The van der Waals surface area contributed by atoms with Crippen molar-refractivity contribution in [2.24, 2.45) is 0 Å². The molecule has 2 aromatic carbocycles. The van der Waals surface area contributed by atoms with Crippen molar-refractivity contribution in [1.82, 2.24) is 9.80 Å². The Labute approximate surface area is 192 Å². The highest BCUT2D eigenvalue weighted by molar-refractivity contribution is 6.46. The van der Waals surface area contributed by atoms with Crippen LogP contribution in [0.25, 0.3) is 5.76 Å². The van der Waals surface area contributed by atoms with Gasteiger partial charge in [0.1, 0.15) is 11.5 Å². The number of non-ortho nitro benzene ring substituents is 1. The molecule has 9 heteroatoms. The van der Waals surface area contributed by atoms with Crippen LogP contribution in [0.3, 0.4) is 0 Å². The molecule has 33 heavy (non-hydrogen) atoms. The van der Waals surface area contributed by atoms with Crippen LogP contribution in [-0.4, -0.2) is 64.8 Å². The molecule has 3 rings (SSSR count). The number of ether oxygens (including phenoxy) is 1. The van der Waals surface area contributed by atoms with Crippen molar-refractivity contribution >= 4 is 23.1 Å². The van der Waals surface area contributed by atoms with Gasteiger partial charge in [-0.2, -0.15) is 0 Å². The van der Waals surface area contributed by atoms with Crippen LogP contribution in [0.15, 0.2) is 54.1 Å². The van der Waals surface area contributed by atoms with Gasteiger partial charge in [0.15, 0.2) is 0 Å². The fourth-order valence-electron chi connectivity index (χ4n) is 3.69. The molecule has 1 atom stereocenters. The van der Waals surface area contributed by atoms with E-state index in [0.717, 1.165) is 0 Å². The van der Waals surface area contributed by atoms with Crippen molar-refractivity contribution in [2.45, 2.75) is 26.0 Å². The maximum Gasteiger partial charge on any atom is 0.295 e. The van der Waals surface area contributed by atoms with Crippen molar-refractivity contribution in [3.05, 3.63) is 75.3 Å². The number of hydrogen-bond donors (Lipinski definition) is 1. The van der Waals surface area contributed by atoms with Gasteiger partial charge in [0.05, 0.1) is 22.6 Å². The summed E-state index contributed by atoms with van der Waals surface area (Å²) >= 11 is 0. The van der Waals surface area contributed by atoms with Gasteiger partial charge in [-0.05, 0) is 57.8 Å². The third kappa shape index (κ3) is 5.20. The molecular weight excluding hydrogens is 426 g/mol. The summed E-state index contributed by atoms with van der Waals surface area (Å²) in [5.41, 5.74) is 0.452. The molecule has 9 nitrogen and oxygen atoms in total. The number of nitro groups is 1. The molecule has 1 fully saturated rings. The Morgan fingerprint density at radius 2 is 1.85 bits per heavy atom. The first-order valence-electron chi connectivity index (χ1n) is 10.5. The van der Waals surface area contributed by atoms with Crippen LogP contribution >= 0.6 is 0 Å². The van der Waals surface area contributed by atoms with Crippen LogP contribution < -0.4 is 4.74 Å². The maximum atomic E-state index is 13.0. The number of likely N-dealkylation sites (tertiary alicyclic amines) is 1. The van der Waals surface area contributed by atoms with Gasteiger partial charge >= 0.3 is 0 Å². The molecule has 1 heterocycles.